The summed E-state index contributed by atoms with van der Waals surface area (Å²) in [5.74, 6) is 0. The van der Waals surface area contributed by atoms with Crippen LogP contribution in [0.25, 0.3) is 0 Å². The number of imidazole rings is 1. The van der Waals surface area contributed by atoms with Gasteiger partial charge in [0.05, 0.1) is 25.0 Å². The lowest BCUT2D eigenvalue weighted by molar-refractivity contribution is -0.671. The average molecular weight is 384 g/mol. The highest BCUT2D eigenvalue weighted by atomic mass is 32.1. The van der Waals surface area contributed by atoms with Crippen LogP contribution in [-0.4, -0.2) is 22.6 Å². The van der Waals surface area contributed by atoms with E-state index in [-0.39, 0.29) is 0 Å². The third-order valence-corrected chi connectivity index (χ3v) is 5.60. The predicted octanol–water partition coefficient (Wildman–Crippen LogP) is 4.64. The van der Waals surface area contributed by atoms with Crippen molar-refractivity contribution in [3.63, 3.8) is 0 Å². The zero-order valence-electron chi connectivity index (χ0n) is 16.7. The van der Waals surface area contributed by atoms with Crippen molar-refractivity contribution in [1.82, 2.24) is 9.55 Å². The number of aryl methyl sites for hydroxylation is 4. The summed E-state index contributed by atoms with van der Waals surface area (Å²) >= 11 is 1.57. The Bertz CT molecular complexity index is 920. The number of nitrogens with zero attached hydrogens (tertiary/aromatic N) is 6. The fourth-order valence-electron chi connectivity index (χ4n) is 2.88. The molecule has 6 nitrogen and oxygen atoms in total. The van der Waals surface area contributed by atoms with Crippen molar-refractivity contribution in [2.75, 3.05) is 18.0 Å². The Morgan fingerprint density at radius 2 is 2.04 bits per heavy atom. The second-order valence-corrected chi connectivity index (χ2v) is 7.89. The molecule has 0 N–H and O–H groups in total. The minimum Gasteiger partial charge on any atom is -0.368 e. The standard InChI is InChI=1S/C20H27N6S/c1-6-26(12-11-25-10-9-24(5)14-25)18-7-8-19(15(2)13-18)22-23-20-21-16(3)17(4)27-20/h7-10,13-14H,6,11-12H2,1-5H3/q+1/b23-22+. The molecule has 2 aromatic heterocycles. The number of rotatable bonds is 7. The summed E-state index contributed by atoms with van der Waals surface area (Å²) in [6.45, 7) is 11.2. The van der Waals surface area contributed by atoms with E-state index in [0.717, 1.165) is 36.6 Å². The van der Waals surface area contributed by atoms with Crippen molar-refractivity contribution in [2.24, 2.45) is 17.3 Å². The lowest BCUT2D eigenvalue weighted by atomic mass is 10.1. The van der Waals surface area contributed by atoms with Gasteiger partial charge >= 0.3 is 0 Å². The summed E-state index contributed by atoms with van der Waals surface area (Å²) in [6.07, 6.45) is 6.26. The molecule has 0 atom stereocenters. The largest absolute Gasteiger partial charge is 0.368 e. The predicted molar refractivity (Wildman–Crippen MR) is 110 cm³/mol. The Balaban J connectivity index is 1.70. The van der Waals surface area contributed by atoms with Crippen molar-refractivity contribution < 1.29 is 4.57 Å². The second-order valence-electron chi connectivity index (χ2n) is 6.71. The van der Waals surface area contributed by atoms with Gasteiger partial charge in [-0.25, -0.2) is 14.1 Å². The lowest BCUT2D eigenvalue weighted by Gasteiger charge is -2.22. The maximum atomic E-state index is 4.41. The molecule has 0 bridgehead atoms. The highest BCUT2D eigenvalue weighted by molar-refractivity contribution is 7.15. The Labute approximate surface area is 164 Å². The first-order valence-electron chi connectivity index (χ1n) is 9.18. The molecule has 1 aromatic carbocycles. The summed E-state index contributed by atoms with van der Waals surface area (Å²) in [7, 11) is 2.04. The van der Waals surface area contributed by atoms with Crippen molar-refractivity contribution in [3.05, 3.63) is 53.1 Å². The summed E-state index contributed by atoms with van der Waals surface area (Å²) < 4.78 is 4.27. The van der Waals surface area contributed by atoms with E-state index in [1.165, 1.54) is 10.6 Å². The van der Waals surface area contributed by atoms with E-state index in [9.17, 15) is 0 Å². The molecule has 0 unspecified atom stereocenters. The van der Waals surface area contributed by atoms with E-state index in [1.54, 1.807) is 11.3 Å². The molecular formula is C20H27N6S+. The van der Waals surface area contributed by atoms with Crippen LogP contribution in [0.5, 0.6) is 0 Å². The number of hydrogen-bond donors (Lipinski definition) is 0. The Morgan fingerprint density at radius 1 is 1.22 bits per heavy atom. The van der Waals surface area contributed by atoms with Crippen LogP contribution in [0.15, 0.2) is 47.1 Å². The Kier molecular flexibility index (Phi) is 6.01. The van der Waals surface area contributed by atoms with Gasteiger partial charge in [-0.05, 0) is 51.5 Å². The topological polar surface area (TPSA) is 49.7 Å². The lowest BCUT2D eigenvalue weighted by Crippen LogP contribution is -2.28. The van der Waals surface area contributed by atoms with Crippen molar-refractivity contribution in [2.45, 2.75) is 34.2 Å². The molecule has 0 saturated carbocycles. The average Bonchev–Trinajstić information content (AvgIpc) is 3.20. The molecule has 0 fully saturated rings. The molecule has 0 amide bonds. The van der Waals surface area contributed by atoms with Crippen molar-refractivity contribution >= 4 is 27.8 Å². The molecular weight excluding hydrogens is 356 g/mol. The first-order chi connectivity index (χ1) is 13.0. The zero-order valence-corrected chi connectivity index (χ0v) is 17.5. The molecule has 3 rings (SSSR count). The van der Waals surface area contributed by atoms with Crippen LogP contribution in [-0.2, 0) is 13.6 Å². The van der Waals surface area contributed by atoms with Gasteiger partial charge in [-0.15, -0.1) is 10.2 Å². The number of benzene rings is 1. The molecule has 142 valence electrons. The third kappa shape index (κ3) is 4.80. The summed E-state index contributed by atoms with van der Waals surface area (Å²) in [5.41, 5.74) is 4.24. The number of thiazole rings is 1. The molecule has 0 aliphatic rings. The van der Waals surface area contributed by atoms with Gasteiger partial charge in [0, 0.05) is 17.1 Å². The highest BCUT2D eigenvalue weighted by Gasteiger charge is 2.09. The van der Waals surface area contributed by atoms with Gasteiger partial charge in [0.2, 0.25) is 11.5 Å². The molecule has 0 aliphatic carbocycles. The molecule has 0 aliphatic heterocycles. The quantitative estimate of drug-likeness (QED) is 0.441. The Hall–Kier alpha value is -2.54. The van der Waals surface area contributed by atoms with E-state index in [2.05, 4.69) is 80.9 Å². The van der Waals surface area contributed by atoms with E-state index in [0.29, 0.717) is 5.13 Å². The normalized spacial score (nSPS) is 11.4. The molecule has 0 spiro atoms. The first-order valence-corrected chi connectivity index (χ1v) is 10.00. The van der Waals surface area contributed by atoms with Gasteiger partial charge in [-0.2, -0.15) is 0 Å². The van der Waals surface area contributed by atoms with Crippen LogP contribution in [0.4, 0.5) is 16.5 Å². The summed E-state index contributed by atoms with van der Waals surface area (Å²) in [4.78, 5) is 7.98. The maximum Gasteiger partial charge on any atom is 0.243 e. The maximum absolute atomic E-state index is 4.41. The number of aromatic nitrogens is 3. The van der Waals surface area contributed by atoms with E-state index >= 15 is 0 Å². The van der Waals surface area contributed by atoms with Crippen LogP contribution >= 0.6 is 11.3 Å². The Morgan fingerprint density at radius 3 is 2.63 bits per heavy atom. The summed E-state index contributed by atoms with van der Waals surface area (Å²) in [5, 5.41) is 9.42. The number of likely N-dealkylation sites (N-methyl/N-ethyl adjacent to an activating group) is 1. The smallest absolute Gasteiger partial charge is 0.243 e. The van der Waals surface area contributed by atoms with Crippen LogP contribution in [0, 0.1) is 20.8 Å². The number of azo groups is 1. The van der Waals surface area contributed by atoms with Crippen molar-refractivity contribution in [1.29, 1.82) is 0 Å². The van der Waals surface area contributed by atoms with Crippen LogP contribution < -0.4 is 9.47 Å². The number of anilines is 1. The molecule has 0 radical (unpaired) electrons. The van der Waals surface area contributed by atoms with E-state index in [1.807, 2.05) is 20.0 Å². The molecule has 7 heteroatoms. The minimum absolute atomic E-state index is 0.712. The van der Waals surface area contributed by atoms with Crippen molar-refractivity contribution in [3.8, 4) is 0 Å². The summed E-state index contributed by atoms with van der Waals surface area (Å²) in [6, 6.07) is 6.35. The van der Waals surface area contributed by atoms with Gasteiger partial charge < -0.3 is 4.90 Å². The molecule has 3 aromatic rings. The molecule has 27 heavy (non-hydrogen) atoms. The fraction of sp³-hybridized carbons (Fsp3) is 0.400. The van der Waals surface area contributed by atoms with E-state index in [4.69, 9.17) is 0 Å². The number of hydrogen-bond acceptors (Lipinski definition) is 5. The van der Waals surface area contributed by atoms with Crippen LogP contribution in [0.1, 0.15) is 23.1 Å². The molecule has 0 saturated heterocycles. The van der Waals surface area contributed by atoms with Gasteiger partial charge in [0.25, 0.3) is 0 Å². The van der Waals surface area contributed by atoms with Crippen LogP contribution in [0.2, 0.25) is 0 Å². The first kappa shape index (κ1) is 19.2. The van der Waals surface area contributed by atoms with Gasteiger partial charge in [0.15, 0.2) is 0 Å². The van der Waals surface area contributed by atoms with Crippen LogP contribution in [0.3, 0.4) is 0 Å². The SMILES string of the molecule is CCN(CCn1cc[n+](C)c1)c1ccc(/N=N/c2nc(C)c(C)s2)c(C)c1. The second kappa shape index (κ2) is 8.43. The fourth-order valence-corrected chi connectivity index (χ4v) is 3.62. The van der Waals surface area contributed by atoms with Gasteiger partial charge in [-0.3, -0.25) is 0 Å². The zero-order chi connectivity index (χ0) is 19.4. The van der Waals surface area contributed by atoms with Gasteiger partial charge in [-0.1, -0.05) is 11.3 Å². The van der Waals surface area contributed by atoms with Gasteiger partial charge in [0.1, 0.15) is 18.9 Å². The monoisotopic (exact) mass is 383 g/mol. The third-order valence-electron chi connectivity index (χ3n) is 4.64. The highest BCUT2D eigenvalue weighted by Crippen LogP contribution is 2.29. The minimum atomic E-state index is 0.712. The van der Waals surface area contributed by atoms with E-state index < -0.39 is 0 Å². The molecule has 2 heterocycles.